The summed E-state index contributed by atoms with van der Waals surface area (Å²) in [4.78, 5) is 0. The first kappa shape index (κ1) is 11.8. The lowest BCUT2D eigenvalue weighted by Gasteiger charge is -2.15. The van der Waals surface area contributed by atoms with Gasteiger partial charge in [0.1, 0.15) is 5.82 Å². The summed E-state index contributed by atoms with van der Waals surface area (Å²) in [5.74, 6) is 0.236. The van der Waals surface area contributed by atoms with Crippen LogP contribution in [0.25, 0.3) is 11.1 Å². The van der Waals surface area contributed by atoms with Crippen molar-refractivity contribution in [3.05, 3.63) is 59.4 Å². The van der Waals surface area contributed by atoms with E-state index in [2.05, 4.69) is 32.9 Å². The topological polar surface area (TPSA) is 0 Å². The molecule has 0 atom stereocenters. The fourth-order valence-electron chi connectivity index (χ4n) is 2.21. The molecule has 0 aliphatic heterocycles. The minimum Gasteiger partial charge on any atom is -0.207 e. The Kier molecular flexibility index (Phi) is 3.28. The molecule has 0 saturated carbocycles. The Balaban J connectivity index is 2.59. The molecule has 0 aliphatic rings. The maximum Gasteiger partial charge on any atom is 0.123 e. The smallest absolute Gasteiger partial charge is 0.123 e. The van der Waals surface area contributed by atoms with Gasteiger partial charge < -0.3 is 0 Å². The van der Waals surface area contributed by atoms with Crippen LogP contribution in [-0.4, -0.2) is 0 Å². The zero-order valence-corrected chi connectivity index (χ0v) is 10.4. The number of benzene rings is 2. The van der Waals surface area contributed by atoms with E-state index in [-0.39, 0.29) is 5.82 Å². The summed E-state index contributed by atoms with van der Waals surface area (Å²) in [6, 6.07) is 13.9. The third-order valence-electron chi connectivity index (χ3n) is 2.97. The quantitative estimate of drug-likeness (QED) is 0.696. The van der Waals surface area contributed by atoms with Gasteiger partial charge in [0, 0.05) is 0 Å². The van der Waals surface area contributed by atoms with E-state index >= 15 is 0 Å². The molecule has 0 aromatic heterocycles. The fraction of sp³-hybridized carbons (Fsp3) is 0.250. The van der Waals surface area contributed by atoms with Gasteiger partial charge in [0.25, 0.3) is 0 Å². The van der Waals surface area contributed by atoms with Crippen LogP contribution in [0.1, 0.15) is 30.9 Å². The van der Waals surface area contributed by atoms with Crippen molar-refractivity contribution in [2.45, 2.75) is 26.7 Å². The molecular weight excluding hydrogens is 211 g/mol. The van der Waals surface area contributed by atoms with Crippen molar-refractivity contribution in [3.8, 4) is 11.1 Å². The van der Waals surface area contributed by atoms with Crippen molar-refractivity contribution in [1.29, 1.82) is 0 Å². The van der Waals surface area contributed by atoms with Gasteiger partial charge >= 0.3 is 0 Å². The Morgan fingerprint density at radius 1 is 1.06 bits per heavy atom. The van der Waals surface area contributed by atoms with Crippen molar-refractivity contribution < 1.29 is 4.39 Å². The third-order valence-corrected chi connectivity index (χ3v) is 2.97. The minimum absolute atomic E-state index is 0.201. The molecule has 0 spiro atoms. The Morgan fingerprint density at radius 2 is 1.71 bits per heavy atom. The molecule has 0 heterocycles. The molecule has 2 aromatic rings. The number of aryl methyl sites for hydroxylation is 1. The normalized spacial score (nSPS) is 10.9. The van der Waals surface area contributed by atoms with E-state index in [4.69, 9.17) is 0 Å². The zero-order chi connectivity index (χ0) is 12.4. The first-order valence-corrected chi connectivity index (χ1v) is 5.86. The summed E-state index contributed by atoms with van der Waals surface area (Å²) >= 11 is 0. The van der Waals surface area contributed by atoms with E-state index in [1.54, 1.807) is 0 Å². The van der Waals surface area contributed by atoms with Gasteiger partial charge in [0.2, 0.25) is 0 Å². The average Bonchev–Trinajstić information content (AvgIpc) is 2.29. The molecule has 2 aromatic carbocycles. The Morgan fingerprint density at radius 3 is 2.29 bits per heavy atom. The van der Waals surface area contributed by atoms with E-state index in [1.807, 2.05) is 18.2 Å². The van der Waals surface area contributed by atoms with Gasteiger partial charge in [-0.3, -0.25) is 0 Å². The van der Waals surface area contributed by atoms with Crippen molar-refractivity contribution in [2.75, 3.05) is 0 Å². The van der Waals surface area contributed by atoms with Gasteiger partial charge in [-0.1, -0.05) is 38.1 Å². The first-order valence-electron chi connectivity index (χ1n) is 5.86. The molecule has 0 aliphatic carbocycles. The van der Waals surface area contributed by atoms with Crippen LogP contribution in [0.15, 0.2) is 36.4 Å². The van der Waals surface area contributed by atoms with Gasteiger partial charge in [0.05, 0.1) is 0 Å². The van der Waals surface area contributed by atoms with Gasteiger partial charge in [-0.05, 0) is 53.3 Å². The fourth-order valence-corrected chi connectivity index (χ4v) is 2.21. The third kappa shape index (κ3) is 2.38. The number of halogens is 1. The second kappa shape index (κ2) is 4.70. The molecule has 0 saturated heterocycles. The zero-order valence-electron chi connectivity index (χ0n) is 10.4. The first-order chi connectivity index (χ1) is 8.09. The van der Waals surface area contributed by atoms with Crippen molar-refractivity contribution in [3.63, 3.8) is 0 Å². The van der Waals surface area contributed by atoms with Crippen LogP contribution in [0.2, 0.25) is 0 Å². The molecule has 0 nitrogen and oxygen atoms in total. The van der Waals surface area contributed by atoms with Crippen molar-refractivity contribution in [1.82, 2.24) is 0 Å². The Hall–Kier alpha value is -1.63. The van der Waals surface area contributed by atoms with Gasteiger partial charge in [-0.25, -0.2) is 4.39 Å². The second-order valence-electron chi connectivity index (χ2n) is 4.61. The van der Waals surface area contributed by atoms with E-state index in [0.29, 0.717) is 5.92 Å². The van der Waals surface area contributed by atoms with E-state index in [0.717, 1.165) is 11.1 Å². The second-order valence-corrected chi connectivity index (χ2v) is 4.61. The van der Waals surface area contributed by atoms with Crippen molar-refractivity contribution in [2.24, 2.45) is 0 Å². The Bertz CT molecular complexity index is 510. The molecule has 87 valence electrons. The van der Waals surface area contributed by atoms with Crippen LogP contribution in [0.5, 0.6) is 0 Å². The van der Waals surface area contributed by atoms with Crippen LogP contribution in [-0.2, 0) is 0 Å². The largest absolute Gasteiger partial charge is 0.207 e. The standard InChI is InChI=1S/C16H16F/c1-11(2)16-12(3)5-4-6-15(16)13-7-9-14(17)10-8-13/h4-5,7-11H,1-3H3. The molecule has 2 rings (SSSR count). The van der Waals surface area contributed by atoms with Crippen LogP contribution in [0.3, 0.4) is 0 Å². The highest BCUT2D eigenvalue weighted by molar-refractivity contribution is 5.68. The van der Waals surface area contributed by atoms with E-state index in [1.165, 1.54) is 23.3 Å². The number of rotatable bonds is 2. The molecule has 0 fully saturated rings. The van der Waals surface area contributed by atoms with E-state index in [9.17, 15) is 4.39 Å². The number of hydrogen-bond donors (Lipinski definition) is 0. The SMILES string of the molecule is Cc1cc[c]c(-c2ccc(F)cc2)c1C(C)C. The summed E-state index contributed by atoms with van der Waals surface area (Å²) in [6.07, 6.45) is 0. The summed E-state index contributed by atoms with van der Waals surface area (Å²) in [7, 11) is 0. The van der Waals surface area contributed by atoms with Crippen LogP contribution >= 0.6 is 0 Å². The van der Waals surface area contributed by atoms with Crippen molar-refractivity contribution >= 4 is 0 Å². The summed E-state index contributed by atoms with van der Waals surface area (Å²) < 4.78 is 12.9. The molecule has 1 heteroatoms. The van der Waals surface area contributed by atoms with Crippen LogP contribution < -0.4 is 0 Å². The lowest BCUT2D eigenvalue weighted by molar-refractivity contribution is 0.628. The van der Waals surface area contributed by atoms with Gasteiger partial charge in [0.15, 0.2) is 0 Å². The minimum atomic E-state index is -0.201. The Labute approximate surface area is 102 Å². The number of hydrogen-bond acceptors (Lipinski definition) is 0. The molecule has 17 heavy (non-hydrogen) atoms. The monoisotopic (exact) mass is 227 g/mol. The lowest BCUT2D eigenvalue weighted by atomic mass is 9.89. The molecular formula is C16H16F. The van der Waals surface area contributed by atoms with E-state index < -0.39 is 0 Å². The highest BCUT2D eigenvalue weighted by Gasteiger charge is 2.11. The maximum atomic E-state index is 12.9. The predicted octanol–water partition coefficient (Wildman–Crippen LogP) is 4.72. The predicted molar refractivity (Wildman–Crippen MR) is 69.5 cm³/mol. The maximum absolute atomic E-state index is 12.9. The van der Waals surface area contributed by atoms with Gasteiger partial charge in [-0.15, -0.1) is 0 Å². The molecule has 0 N–H and O–H groups in total. The van der Waals surface area contributed by atoms with Crippen LogP contribution in [0, 0.1) is 18.8 Å². The lowest BCUT2D eigenvalue weighted by Crippen LogP contribution is -1.96. The summed E-state index contributed by atoms with van der Waals surface area (Å²) in [5.41, 5.74) is 4.66. The highest BCUT2D eigenvalue weighted by Crippen LogP contribution is 2.31. The molecule has 0 amide bonds. The molecule has 0 unspecified atom stereocenters. The summed E-state index contributed by atoms with van der Waals surface area (Å²) in [5, 5.41) is 0. The van der Waals surface area contributed by atoms with Gasteiger partial charge in [-0.2, -0.15) is 0 Å². The average molecular weight is 227 g/mol. The molecule has 1 radical (unpaired) electrons. The van der Waals surface area contributed by atoms with Crippen LogP contribution in [0.4, 0.5) is 4.39 Å². The molecule has 0 bridgehead atoms. The highest BCUT2D eigenvalue weighted by atomic mass is 19.1. The summed E-state index contributed by atoms with van der Waals surface area (Å²) in [6.45, 7) is 6.45.